The van der Waals surface area contributed by atoms with E-state index in [0.717, 1.165) is 11.3 Å². The van der Waals surface area contributed by atoms with E-state index in [0.29, 0.717) is 5.69 Å². The zero-order valence-corrected chi connectivity index (χ0v) is 13.8. The number of tetrazole rings is 1. The Kier molecular flexibility index (Phi) is 4.26. The van der Waals surface area contributed by atoms with Gasteiger partial charge in [-0.15, -0.1) is 5.10 Å². The summed E-state index contributed by atoms with van der Waals surface area (Å²) in [7, 11) is 0. The van der Waals surface area contributed by atoms with Crippen molar-refractivity contribution in [2.24, 2.45) is 0 Å². The molecule has 2 heterocycles. The van der Waals surface area contributed by atoms with E-state index in [-0.39, 0.29) is 5.91 Å². The molecule has 128 valence electrons. The summed E-state index contributed by atoms with van der Waals surface area (Å²) in [5, 5.41) is 14.1. The third kappa shape index (κ3) is 3.23. The summed E-state index contributed by atoms with van der Waals surface area (Å²) >= 11 is 0. The summed E-state index contributed by atoms with van der Waals surface area (Å²) in [5.41, 5.74) is 2.45. The molecule has 0 aliphatic rings. The van der Waals surface area contributed by atoms with Crippen LogP contribution in [0.25, 0.3) is 5.69 Å². The number of aromatic nitrogens is 5. The summed E-state index contributed by atoms with van der Waals surface area (Å²) in [6.07, 6.45) is 5.29. The quantitative estimate of drug-likeness (QED) is 0.604. The number of amides is 1. The van der Waals surface area contributed by atoms with Crippen molar-refractivity contribution in [2.45, 2.75) is 6.04 Å². The molecule has 4 aromatic rings. The number of carbonyl (C=O) groups is 1. The molecular formula is C19H16N6O. The number of anilines is 1. The van der Waals surface area contributed by atoms with Gasteiger partial charge >= 0.3 is 0 Å². The van der Waals surface area contributed by atoms with Gasteiger partial charge in [-0.1, -0.05) is 30.3 Å². The van der Waals surface area contributed by atoms with E-state index in [9.17, 15) is 4.79 Å². The lowest BCUT2D eigenvalue weighted by Gasteiger charge is -2.19. The molecule has 0 radical (unpaired) electrons. The normalized spacial score (nSPS) is 11.8. The minimum atomic E-state index is -0.439. The standard InChI is InChI=1S/C19H16N6O/c26-19(18(24-12-4-5-13-24)15-6-2-1-3-7-15)21-16-8-10-17(11-9-16)25-14-20-22-23-25/h1-14,18H,(H,21,26). The summed E-state index contributed by atoms with van der Waals surface area (Å²) in [6.45, 7) is 0. The second kappa shape index (κ2) is 7.02. The molecular weight excluding hydrogens is 328 g/mol. The van der Waals surface area contributed by atoms with Gasteiger partial charge in [0.2, 0.25) is 0 Å². The molecule has 0 saturated carbocycles. The minimum absolute atomic E-state index is 0.109. The van der Waals surface area contributed by atoms with E-state index < -0.39 is 6.04 Å². The Bertz CT molecular complexity index is 963. The lowest BCUT2D eigenvalue weighted by Crippen LogP contribution is -2.26. The van der Waals surface area contributed by atoms with Gasteiger partial charge in [0.1, 0.15) is 12.4 Å². The van der Waals surface area contributed by atoms with Crippen molar-refractivity contribution in [3.8, 4) is 5.69 Å². The molecule has 0 fully saturated rings. The van der Waals surface area contributed by atoms with Crippen LogP contribution in [-0.4, -0.2) is 30.7 Å². The fourth-order valence-electron chi connectivity index (χ4n) is 2.80. The first-order valence-corrected chi connectivity index (χ1v) is 8.13. The van der Waals surface area contributed by atoms with E-state index >= 15 is 0 Å². The summed E-state index contributed by atoms with van der Waals surface area (Å²) in [4.78, 5) is 13.0. The Morgan fingerprint density at radius 3 is 2.31 bits per heavy atom. The molecule has 1 atom stereocenters. The van der Waals surface area contributed by atoms with Crippen LogP contribution < -0.4 is 5.32 Å². The van der Waals surface area contributed by atoms with Gasteiger partial charge in [-0.05, 0) is 52.4 Å². The van der Waals surface area contributed by atoms with Crippen LogP contribution in [-0.2, 0) is 4.79 Å². The molecule has 0 aliphatic carbocycles. The molecule has 1 amide bonds. The van der Waals surface area contributed by atoms with Crippen molar-refractivity contribution in [3.63, 3.8) is 0 Å². The number of nitrogens with one attached hydrogen (secondary N) is 1. The summed E-state index contributed by atoms with van der Waals surface area (Å²) in [6, 6.07) is 20.4. The monoisotopic (exact) mass is 344 g/mol. The van der Waals surface area contributed by atoms with Crippen molar-refractivity contribution in [1.82, 2.24) is 24.8 Å². The van der Waals surface area contributed by atoms with Gasteiger partial charge in [0, 0.05) is 18.1 Å². The largest absolute Gasteiger partial charge is 0.338 e. The van der Waals surface area contributed by atoms with Crippen molar-refractivity contribution >= 4 is 11.6 Å². The molecule has 1 unspecified atom stereocenters. The smallest absolute Gasteiger partial charge is 0.252 e. The number of nitrogens with zero attached hydrogens (tertiary/aromatic N) is 5. The molecule has 2 aromatic carbocycles. The first kappa shape index (κ1) is 15.8. The van der Waals surface area contributed by atoms with Crippen molar-refractivity contribution in [2.75, 3.05) is 5.32 Å². The number of hydrogen-bond acceptors (Lipinski definition) is 4. The molecule has 0 aliphatic heterocycles. The van der Waals surface area contributed by atoms with E-state index in [1.807, 2.05) is 83.7 Å². The van der Waals surface area contributed by atoms with Crippen LogP contribution in [0.4, 0.5) is 5.69 Å². The highest BCUT2D eigenvalue weighted by Gasteiger charge is 2.21. The Morgan fingerprint density at radius 2 is 1.65 bits per heavy atom. The molecule has 0 saturated heterocycles. The maximum absolute atomic E-state index is 13.0. The predicted octanol–water partition coefficient (Wildman–Crippen LogP) is 2.69. The molecule has 1 N–H and O–H groups in total. The van der Waals surface area contributed by atoms with Crippen LogP contribution in [0.5, 0.6) is 0 Å². The third-order valence-electron chi connectivity index (χ3n) is 4.04. The van der Waals surface area contributed by atoms with Gasteiger partial charge in [-0.25, -0.2) is 4.68 Å². The number of benzene rings is 2. The lowest BCUT2D eigenvalue weighted by atomic mass is 10.1. The lowest BCUT2D eigenvalue weighted by molar-refractivity contribution is -0.118. The Morgan fingerprint density at radius 1 is 0.923 bits per heavy atom. The van der Waals surface area contributed by atoms with Crippen LogP contribution in [0.1, 0.15) is 11.6 Å². The van der Waals surface area contributed by atoms with Gasteiger partial charge < -0.3 is 9.88 Å². The van der Waals surface area contributed by atoms with Crippen LogP contribution in [0.15, 0.2) is 85.5 Å². The highest BCUT2D eigenvalue weighted by atomic mass is 16.2. The fraction of sp³-hybridized carbons (Fsp3) is 0.0526. The van der Waals surface area contributed by atoms with E-state index in [2.05, 4.69) is 20.8 Å². The molecule has 26 heavy (non-hydrogen) atoms. The van der Waals surface area contributed by atoms with Gasteiger partial charge in [0.25, 0.3) is 5.91 Å². The molecule has 7 nitrogen and oxygen atoms in total. The van der Waals surface area contributed by atoms with Crippen LogP contribution >= 0.6 is 0 Å². The highest BCUT2D eigenvalue weighted by Crippen LogP contribution is 2.21. The number of hydrogen-bond donors (Lipinski definition) is 1. The molecule has 4 rings (SSSR count). The predicted molar refractivity (Wildman–Crippen MR) is 96.8 cm³/mol. The topological polar surface area (TPSA) is 77.6 Å². The third-order valence-corrected chi connectivity index (χ3v) is 4.04. The second-order valence-electron chi connectivity index (χ2n) is 5.73. The highest BCUT2D eigenvalue weighted by molar-refractivity contribution is 5.95. The number of carbonyl (C=O) groups excluding carboxylic acids is 1. The van der Waals surface area contributed by atoms with Crippen molar-refractivity contribution < 1.29 is 4.79 Å². The van der Waals surface area contributed by atoms with E-state index in [1.54, 1.807) is 4.68 Å². The van der Waals surface area contributed by atoms with Crippen molar-refractivity contribution in [1.29, 1.82) is 0 Å². The maximum atomic E-state index is 13.0. The Labute approximate surface area is 149 Å². The maximum Gasteiger partial charge on any atom is 0.252 e. The second-order valence-corrected chi connectivity index (χ2v) is 5.73. The van der Waals surface area contributed by atoms with Crippen molar-refractivity contribution in [3.05, 3.63) is 91.0 Å². The van der Waals surface area contributed by atoms with Gasteiger partial charge in [0.05, 0.1) is 5.69 Å². The Hall–Kier alpha value is -3.74. The Balaban J connectivity index is 1.57. The fourth-order valence-corrected chi connectivity index (χ4v) is 2.80. The van der Waals surface area contributed by atoms with Crippen LogP contribution in [0.2, 0.25) is 0 Å². The van der Waals surface area contributed by atoms with Gasteiger partial charge in [-0.3, -0.25) is 4.79 Å². The summed E-state index contributed by atoms with van der Waals surface area (Å²) in [5.74, 6) is -0.109. The zero-order valence-electron chi connectivity index (χ0n) is 13.8. The first-order chi connectivity index (χ1) is 12.8. The average molecular weight is 344 g/mol. The molecule has 7 heteroatoms. The van der Waals surface area contributed by atoms with E-state index in [1.165, 1.54) is 6.33 Å². The van der Waals surface area contributed by atoms with Crippen LogP contribution in [0.3, 0.4) is 0 Å². The molecule has 0 spiro atoms. The number of rotatable bonds is 5. The van der Waals surface area contributed by atoms with E-state index in [4.69, 9.17) is 0 Å². The summed E-state index contributed by atoms with van der Waals surface area (Å²) < 4.78 is 3.44. The van der Waals surface area contributed by atoms with Crippen LogP contribution in [0, 0.1) is 0 Å². The average Bonchev–Trinajstić information content (AvgIpc) is 3.38. The van der Waals surface area contributed by atoms with Gasteiger partial charge in [-0.2, -0.15) is 0 Å². The SMILES string of the molecule is O=C(Nc1ccc(-n2cnnn2)cc1)C(c1ccccc1)n1cccc1. The van der Waals surface area contributed by atoms with Gasteiger partial charge in [0.15, 0.2) is 0 Å². The minimum Gasteiger partial charge on any atom is -0.338 e. The molecule has 2 aromatic heterocycles. The zero-order chi connectivity index (χ0) is 17.8. The first-order valence-electron chi connectivity index (χ1n) is 8.13. The molecule has 0 bridgehead atoms.